The molecule has 1 unspecified atom stereocenters. The maximum absolute atomic E-state index is 6.46. The lowest BCUT2D eigenvalue weighted by molar-refractivity contribution is 0.300. The van der Waals surface area contributed by atoms with E-state index in [0.29, 0.717) is 6.61 Å². The fourth-order valence-electron chi connectivity index (χ4n) is 5.09. The maximum Gasteiger partial charge on any atom is 0.151 e. The minimum atomic E-state index is -0.186. The number of hydrogen-bond donors (Lipinski definition) is 1. The van der Waals surface area contributed by atoms with Crippen molar-refractivity contribution in [2.75, 3.05) is 5.32 Å². The normalized spacial score (nSPS) is 14.4. The first-order valence-electron chi connectivity index (χ1n) is 11.7. The summed E-state index contributed by atoms with van der Waals surface area (Å²) >= 11 is 0. The Hall–Kier alpha value is -4.05. The number of aryl methyl sites for hydroxylation is 3. The second-order valence-electron chi connectivity index (χ2n) is 9.14. The Balaban J connectivity index is 1.54. The molecule has 34 heavy (non-hydrogen) atoms. The summed E-state index contributed by atoms with van der Waals surface area (Å²) in [4.78, 5) is 0. The largest absolute Gasteiger partial charge is 0.488 e. The zero-order chi connectivity index (χ0) is 23.2. The Kier molecular flexibility index (Phi) is 4.88. The number of aromatic nitrogens is 2. The quantitative estimate of drug-likeness (QED) is 0.318. The van der Waals surface area contributed by atoms with Crippen molar-refractivity contribution >= 4 is 16.5 Å². The number of fused-ring (bicyclic) bond motifs is 4. The molecule has 1 N–H and O–H groups in total. The van der Waals surface area contributed by atoms with E-state index >= 15 is 0 Å². The van der Waals surface area contributed by atoms with Gasteiger partial charge >= 0.3 is 0 Å². The zero-order valence-electron chi connectivity index (χ0n) is 19.7. The van der Waals surface area contributed by atoms with Gasteiger partial charge in [-0.1, -0.05) is 72.3 Å². The minimum absolute atomic E-state index is 0.186. The van der Waals surface area contributed by atoms with Crippen molar-refractivity contribution in [3.8, 4) is 17.0 Å². The second kappa shape index (κ2) is 8.07. The van der Waals surface area contributed by atoms with Crippen LogP contribution in [0.4, 0.5) is 5.69 Å². The van der Waals surface area contributed by atoms with Crippen LogP contribution < -0.4 is 10.1 Å². The number of nitrogens with one attached hydrogen (secondary N) is 1. The Morgan fingerprint density at radius 2 is 1.68 bits per heavy atom. The van der Waals surface area contributed by atoms with Gasteiger partial charge in [-0.25, -0.2) is 4.68 Å². The van der Waals surface area contributed by atoms with Crippen molar-refractivity contribution in [3.05, 3.63) is 113 Å². The van der Waals surface area contributed by atoms with E-state index in [1.165, 1.54) is 22.1 Å². The molecule has 4 heteroatoms. The van der Waals surface area contributed by atoms with Gasteiger partial charge in [0.05, 0.1) is 11.4 Å². The summed E-state index contributed by atoms with van der Waals surface area (Å²) in [6.07, 6.45) is -0.186. The van der Waals surface area contributed by atoms with E-state index in [1.807, 2.05) is 18.2 Å². The van der Waals surface area contributed by atoms with Crippen LogP contribution in [0.1, 0.15) is 34.1 Å². The zero-order valence-corrected chi connectivity index (χ0v) is 19.7. The third-order valence-corrected chi connectivity index (χ3v) is 6.58. The van der Waals surface area contributed by atoms with E-state index in [0.717, 1.165) is 39.3 Å². The highest BCUT2D eigenvalue weighted by Crippen LogP contribution is 2.44. The highest BCUT2D eigenvalue weighted by Gasteiger charge is 2.31. The first-order valence-corrected chi connectivity index (χ1v) is 11.7. The Morgan fingerprint density at radius 3 is 2.53 bits per heavy atom. The number of benzene rings is 4. The van der Waals surface area contributed by atoms with Crippen molar-refractivity contribution in [3.63, 3.8) is 0 Å². The van der Waals surface area contributed by atoms with Crippen LogP contribution in [0.5, 0.6) is 5.75 Å². The SMILES string of the molecule is Cc1cc(C)c2c(c1)-c1cc(C)nn1C(c1c(OCc3ccccc3)ccc3ccccc13)N2. The molecule has 0 radical (unpaired) electrons. The van der Waals surface area contributed by atoms with E-state index in [-0.39, 0.29) is 6.17 Å². The highest BCUT2D eigenvalue weighted by molar-refractivity contribution is 5.90. The van der Waals surface area contributed by atoms with Gasteiger partial charge in [-0.05, 0) is 60.9 Å². The summed E-state index contributed by atoms with van der Waals surface area (Å²) in [5, 5.41) is 11.1. The molecule has 0 saturated heterocycles. The van der Waals surface area contributed by atoms with Gasteiger partial charge < -0.3 is 10.1 Å². The molecule has 4 aromatic carbocycles. The van der Waals surface area contributed by atoms with Crippen LogP contribution in [-0.2, 0) is 6.61 Å². The topological polar surface area (TPSA) is 39.1 Å². The molecule has 1 atom stereocenters. The number of anilines is 1. The molecule has 2 heterocycles. The summed E-state index contributed by atoms with van der Waals surface area (Å²) in [6, 6.07) is 29.7. The van der Waals surface area contributed by atoms with E-state index in [9.17, 15) is 0 Å². The summed E-state index contributed by atoms with van der Waals surface area (Å²) in [5.41, 5.74) is 9.21. The number of hydrogen-bond acceptors (Lipinski definition) is 3. The lowest BCUT2D eigenvalue weighted by Crippen LogP contribution is -2.27. The van der Waals surface area contributed by atoms with Crippen LogP contribution in [0.15, 0.2) is 84.9 Å². The first kappa shape index (κ1) is 20.5. The van der Waals surface area contributed by atoms with Gasteiger partial charge in [0.1, 0.15) is 12.4 Å². The van der Waals surface area contributed by atoms with Gasteiger partial charge in [-0.3, -0.25) is 0 Å². The monoisotopic (exact) mass is 445 g/mol. The number of nitrogens with zero attached hydrogens (tertiary/aromatic N) is 2. The molecule has 4 nitrogen and oxygen atoms in total. The molecule has 1 aliphatic rings. The van der Waals surface area contributed by atoms with Crippen LogP contribution in [0.25, 0.3) is 22.0 Å². The molecule has 0 bridgehead atoms. The van der Waals surface area contributed by atoms with Crippen molar-refractivity contribution in [2.24, 2.45) is 0 Å². The molecule has 0 fully saturated rings. The molecular weight excluding hydrogens is 418 g/mol. The van der Waals surface area contributed by atoms with Crippen LogP contribution in [0.3, 0.4) is 0 Å². The van der Waals surface area contributed by atoms with Crippen LogP contribution in [0, 0.1) is 20.8 Å². The molecule has 1 aliphatic heterocycles. The Morgan fingerprint density at radius 1 is 0.882 bits per heavy atom. The van der Waals surface area contributed by atoms with E-state index in [1.54, 1.807) is 0 Å². The summed E-state index contributed by atoms with van der Waals surface area (Å²) < 4.78 is 8.58. The van der Waals surface area contributed by atoms with Crippen LogP contribution in [-0.4, -0.2) is 9.78 Å². The Labute approximate surface area is 199 Å². The van der Waals surface area contributed by atoms with Crippen molar-refractivity contribution < 1.29 is 4.74 Å². The smallest absolute Gasteiger partial charge is 0.151 e. The summed E-state index contributed by atoms with van der Waals surface area (Å²) in [5.74, 6) is 0.868. The molecular formula is C30H27N3O. The van der Waals surface area contributed by atoms with Crippen molar-refractivity contribution in [1.29, 1.82) is 0 Å². The number of ether oxygens (including phenoxy) is 1. The van der Waals surface area contributed by atoms with Gasteiger partial charge in [0.15, 0.2) is 6.17 Å². The fraction of sp³-hybridized carbons (Fsp3) is 0.167. The molecule has 0 amide bonds. The molecule has 6 rings (SSSR count). The lowest BCUT2D eigenvalue weighted by atomic mass is 9.95. The predicted molar refractivity (Wildman–Crippen MR) is 138 cm³/mol. The Bertz CT molecular complexity index is 1520. The average molecular weight is 446 g/mol. The molecule has 0 saturated carbocycles. The third-order valence-electron chi connectivity index (χ3n) is 6.58. The fourth-order valence-corrected chi connectivity index (χ4v) is 5.09. The average Bonchev–Trinajstić information content (AvgIpc) is 3.24. The molecule has 0 aliphatic carbocycles. The third kappa shape index (κ3) is 3.43. The van der Waals surface area contributed by atoms with Crippen LogP contribution >= 0.6 is 0 Å². The van der Waals surface area contributed by atoms with Gasteiger partial charge in [0, 0.05) is 16.8 Å². The van der Waals surface area contributed by atoms with Crippen LogP contribution in [0.2, 0.25) is 0 Å². The minimum Gasteiger partial charge on any atom is -0.488 e. The molecule has 168 valence electrons. The molecule has 0 spiro atoms. The molecule has 1 aromatic heterocycles. The van der Waals surface area contributed by atoms with Crippen molar-refractivity contribution in [1.82, 2.24) is 9.78 Å². The second-order valence-corrected chi connectivity index (χ2v) is 9.14. The number of rotatable bonds is 4. The van der Waals surface area contributed by atoms with Crippen molar-refractivity contribution in [2.45, 2.75) is 33.5 Å². The van der Waals surface area contributed by atoms with Gasteiger partial charge in [0.2, 0.25) is 0 Å². The van der Waals surface area contributed by atoms with Gasteiger partial charge in [0.25, 0.3) is 0 Å². The van der Waals surface area contributed by atoms with E-state index in [2.05, 4.69) is 97.5 Å². The van der Waals surface area contributed by atoms with E-state index in [4.69, 9.17) is 9.84 Å². The molecule has 5 aromatic rings. The predicted octanol–water partition coefficient (Wildman–Crippen LogP) is 7.18. The summed E-state index contributed by atoms with van der Waals surface area (Å²) in [6.45, 7) is 6.89. The highest BCUT2D eigenvalue weighted by atomic mass is 16.5. The lowest BCUT2D eigenvalue weighted by Gasteiger charge is -2.32. The summed E-state index contributed by atoms with van der Waals surface area (Å²) in [7, 11) is 0. The van der Waals surface area contributed by atoms with Gasteiger partial charge in [-0.2, -0.15) is 5.10 Å². The van der Waals surface area contributed by atoms with Gasteiger partial charge in [-0.15, -0.1) is 0 Å². The first-order chi connectivity index (χ1) is 16.6. The maximum atomic E-state index is 6.46. The standard InChI is InChI=1S/C30H27N3O/c1-19-15-20(2)29-25(16-19)26-17-21(3)32-33(26)30(31-29)28-24-12-8-7-11-23(24)13-14-27(28)34-18-22-9-5-4-6-10-22/h4-17,30-31H,18H2,1-3H3. The van der Waals surface area contributed by atoms with E-state index < -0.39 is 0 Å².